The molecule has 0 aliphatic heterocycles. The van der Waals surface area contributed by atoms with Crippen molar-refractivity contribution in [1.29, 1.82) is 0 Å². The van der Waals surface area contributed by atoms with E-state index in [0.717, 1.165) is 16.8 Å². The summed E-state index contributed by atoms with van der Waals surface area (Å²) in [6.45, 7) is 3.83. The maximum atomic E-state index is 12.5. The Labute approximate surface area is 164 Å². The quantitative estimate of drug-likeness (QED) is 0.688. The van der Waals surface area contributed by atoms with E-state index in [1.807, 2.05) is 44.0 Å². The summed E-state index contributed by atoms with van der Waals surface area (Å²) in [5, 5.41) is 2.88. The molecular weight excluding hydrogens is 366 g/mol. The van der Waals surface area contributed by atoms with Crippen molar-refractivity contribution in [1.82, 2.24) is 4.90 Å². The number of rotatable bonds is 9. The maximum absolute atomic E-state index is 12.5. The van der Waals surface area contributed by atoms with Gasteiger partial charge in [-0.3, -0.25) is 9.69 Å². The summed E-state index contributed by atoms with van der Waals surface area (Å²) in [4.78, 5) is 14.1. The molecule has 2 rings (SSSR count). The third-order valence-electron chi connectivity index (χ3n) is 4.18. The van der Waals surface area contributed by atoms with Crippen LogP contribution in [0.2, 0.25) is 0 Å². The Morgan fingerprint density at radius 1 is 1.11 bits per heavy atom. The molecule has 0 heterocycles. The lowest BCUT2D eigenvalue weighted by atomic mass is 10.1. The highest BCUT2D eigenvalue weighted by molar-refractivity contribution is 5.92. The van der Waals surface area contributed by atoms with Gasteiger partial charge in [-0.2, -0.15) is 8.78 Å². The minimum Gasteiger partial charge on any atom is -0.490 e. The van der Waals surface area contributed by atoms with Crippen LogP contribution in [0.15, 0.2) is 36.4 Å². The number of nitrogens with one attached hydrogen (secondary N) is 1. The van der Waals surface area contributed by atoms with Crippen LogP contribution in [0, 0.1) is 13.8 Å². The predicted molar refractivity (Wildman–Crippen MR) is 105 cm³/mol. The van der Waals surface area contributed by atoms with Crippen molar-refractivity contribution in [3.63, 3.8) is 0 Å². The highest BCUT2D eigenvalue weighted by Crippen LogP contribution is 2.30. The van der Waals surface area contributed by atoms with Crippen molar-refractivity contribution in [2.45, 2.75) is 33.9 Å². The Morgan fingerprint density at radius 3 is 2.50 bits per heavy atom. The van der Waals surface area contributed by atoms with E-state index in [0.29, 0.717) is 13.2 Å². The van der Waals surface area contributed by atoms with Crippen LogP contribution in [0.1, 0.15) is 23.6 Å². The van der Waals surface area contributed by atoms with Crippen LogP contribution in [0.5, 0.6) is 11.5 Å². The van der Waals surface area contributed by atoms with Crippen LogP contribution >= 0.6 is 0 Å². The van der Waals surface area contributed by atoms with Crippen molar-refractivity contribution in [2.75, 3.05) is 25.5 Å². The number of anilines is 1. The number of nitrogens with zero attached hydrogens (tertiary/aromatic N) is 1. The van der Waals surface area contributed by atoms with E-state index >= 15 is 0 Å². The van der Waals surface area contributed by atoms with Crippen molar-refractivity contribution in [3.8, 4) is 11.5 Å². The Hall–Kier alpha value is -2.67. The standard InChI is InChI=1S/C21H26F2N2O3/c1-5-27-19-11-16(7-9-18(19)28-21(22)23)12-25(4)13-20(26)24-17-8-6-14(2)15(3)10-17/h6-11,21H,5,12-13H2,1-4H3,(H,24,26). The average molecular weight is 392 g/mol. The number of hydrogen-bond donors (Lipinski definition) is 1. The van der Waals surface area contributed by atoms with Gasteiger partial charge in [0.05, 0.1) is 13.2 Å². The number of hydrogen-bond acceptors (Lipinski definition) is 4. The van der Waals surface area contributed by atoms with Gasteiger partial charge in [0.2, 0.25) is 5.91 Å². The molecule has 0 fully saturated rings. The first-order valence-electron chi connectivity index (χ1n) is 9.04. The molecule has 1 amide bonds. The number of aryl methyl sites for hydroxylation is 2. The normalized spacial score (nSPS) is 11.0. The number of ether oxygens (including phenoxy) is 2. The van der Waals surface area contributed by atoms with Crippen LogP contribution in [-0.2, 0) is 11.3 Å². The molecule has 0 aliphatic rings. The summed E-state index contributed by atoms with van der Waals surface area (Å²) in [6, 6.07) is 10.6. The van der Waals surface area contributed by atoms with Crippen LogP contribution in [0.25, 0.3) is 0 Å². The minimum absolute atomic E-state index is 0.00395. The first-order chi connectivity index (χ1) is 13.3. The topological polar surface area (TPSA) is 50.8 Å². The third-order valence-corrected chi connectivity index (χ3v) is 4.18. The first-order valence-corrected chi connectivity index (χ1v) is 9.04. The number of amides is 1. The fourth-order valence-corrected chi connectivity index (χ4v) is 2.74. The zero-order valence-corrected chi connectivity index (χ0v) is 16.6. The molecule has 0 saturated carbocycles. The summed E-state index contributed by atoms with van der Waals surface area (Å²) in [5.41, 5.74) is 3.86. The van der Waals surface area contributed by atoms with Gasteiger partial charge >= 0.3 is 6.61 Å². The summed E-state index contributed by atoms with van der Waals surface area (Å²) in [5.74, 6) is 0.123. The molecule has 0 bridgehead atoms. The molecule has 0 saturated heterocycles. The van der Waals surface area contributed by atoms with Gasteiger partial charge < -0.3 is 14.8 Å². The predicted octanol–water partition coefficient (Wildman–Crippen LogP) is 4.37. The molecule has 0 unspecified atom stereocenters. The van der Waals surface area contributed by atoms with Gasteiger partial charge in [0.25, 0.3) is 0 Å². The molecule has 7 heteroatoms. The van der Waals surface area contributed by atoms with Crippen molar-refractivity contribution in [2.24, 2.45) is 0 Å². The molecule has 0 atom stereocenters. The second-order valence-corrected chi connectivity index (χ2v) is 6.61. The molecule has 152 valence electrons. The Balaban J connectivity index is 1.97. The molecule has 5 nitrogen and oxygen atoms in total. The van der Waals surface area contributed by atoms with Gasteiger partial charge in [0.1, 0.15) is 0 Å². The summed E-state index contributed by atoms with van der Waals surface area (Å²) in [6.07, 6.45) is 0. The van der Waals surface area contributed by atoms with Gasteiger partial charge in [-0.05, 0) is 68.8 Å². The second-order valence-electron chi connectivity index (χ2n) is 6.61. The van der Waals surface area contributed by atoms with Crippen LogP contribution in [0.4, 0.5) is 14.5 Å². The lowest BCUT2D eigenvalue weighted by Crippen LogP contribution is -2.29. The molecule has 0 aliphatic carbocycles. The molecule has 2 aromatic rings. The lowest BCUT2D eigenvalue weighted by molar-refractivity contribution is -0.117. The summed E-state index contributed by atoms with van der Waals surface area (Å²) >= 11 is 0. The monoisotopic (exact) mass is 392 g/mol. The average Bonchev–Trinajstić information content (AvgIpc) is 2.60. The number of carbonyl (C=O) groups excluding carboxylic acids is 1. The van der Waals surface area contributed by atoms with Crippen molar-refractivity contribution in [3.05, 3.63) is 53.1 Å². The Kier molecular flexibility index (Phi) is 7.75. The smallest absolute Gasteiger partial charge is 0.387 e. The van der Waals surface area contributed by atoms with Crippen molar-refractivity contribution >= 4 is 11.6 Å². The highest BCUT2D eigenvalue weighted by Gasteiger charge is 2.13. The van der Waals surface area contributed by atoms with E-state index in [-0.39, 0.29) is 24.0 Å². The van der Waals surface area contributed by atoms with E-state index in [9.17, 15) is 13.6 Å². The van der Waals surface area contributed by atoms with Gasteiger partial charge in [0, 0.05) is 12.2 Å². The van der Waals surface area contributed by atoms with Gasteiger partial charge in [0.15, 0.2) is 11.5 Å². The zero-order chi connectivity index (χ0) is 20.7. The van der Waals surface area contributed by atoms with Gasteiger partial charge in [-0.15, -0.1) is 0 Å². The molecular formula is C21H26F2N2O3. The van der Waals surface area contributed by atoms with Crippen LogP contribution in [-0.4, -0.2) is 37.6 Å². The van der Waals surface area contributed by atoms with E-state index in [4.69, 9.17) is 4.74 Å². The molecule has 1 N–H and O–H groups in total. The van der Waals surface area contributed by atoms with E-state index in [2.05, 4.69) is 10.1 Å². The third kappa shape index (κ3) is 6.49. The van der Waals surface area contributed by atoms with E-state index < -0.39 is 6.61 Å². The highest BCUT2D eigenvalue weighted by atomic mass is 19.3. The van der Waals surface area contributed by atoms with Gasteiger partial charge in [-0.1, -0.05) is 12.1 Å². The number of halogens is 2. The van der Waals surface area contributed by atoms with Crippen molar-refractivity contribution < 1.29 is 23.0 Å². The number of likely N-dealkylation sites (N-methyl/N-ethyl adjacent to an activating group) is 1. The SMILES string of the molecule is CCOc1cc(CN(C)CC(=O)Nc2ccc(C)c(C)c2)ccc1OC(F)F. The Bertz CT molecular complexity index is 812. The molecule has 0 radical (unpaired) electrons. The largest absolute Gasteiger partial charge is 0.490 e. The number of benzene rings is 2. The molecule has 0 spiro atoms. The summed E-state index contributed by atoms with van der Waals surface area (Å²) < 4.78 is 34.8. The Morgan fingerprint density at radius 2 is 1.86 bits per heavy atom. The molecule has 2 aromatic carbocycles. The summed E-state index contributed by atoms with van der Waals surface area (Å²) in [7, 11) is 1.81. The van der Waals surface area contributed by atoms with E-state index in [1.54, 1.807) is 19.1 Å². The number of carbonyl (C=O) groups is 1. The fraction of sp³-hybridized carbons (Fsp3) is 0.381. The lowest BCUT2D eigenvalue weighted by Gasteiger charge is -2.18. The van der Waals surface area contributed by atoms with Gasteiger partial charge in [-0.25, -0.2) is 0 Å². The fourth-order valence-electron chi connectivity index (χ4n) is 2.74. The van der Waals surface area contributed by atoms with E-state index in [1.165, 1.54) is 11.6 Å². The minimum atomic E-state index is -2.91. The maximum Gasteiger partial charge on any atom is 0.387 e. The number of alkyl halides is 2. The van der Waals surface area contributed by atoms with Crippen LogP contribution < -0.4 is 14.8 Å². The molecule has 28 heavy (non-hydrogen) atoms. The first kappa shape index (κ1) is 21.6. The molecule has 0 aromatic heterocycles. The van der Waals surface area contributed by atoms with Crippen LogP contribution in [0.3, 0.4) is 0 Å². The second kappa shape index (κ2) is 10.0. The zero-order valence-electron chi connectivity index (χ0n) is 16.6.